The Balaban J connectivity index is 1.61. The van der Waals surface area contributed by atoms with E-state index in [0.717, 1.165) is 5.56 Å². The highest BCUT2D eigenvalue weighted by atomic mass is 19.3. The zero-order valence-corrected chi connectivity index (χ0v) is 15.7. The van der Waals surface area contributed by atoms with Crippen molar-refractivity contribution in [3.63, 3.8) is 0 Å². The van der Waals surface area contributed by atoms with Crippen LogP contribution in [-0.4, -0.2) is 42.1 Å². The molecule has 0 bridgehead atoms. The number of hydrogen-bond acceptors (Lipinski definition) is 6. The van der Waals surface area contributed by atoms with Gasteiger partial charge in [0.25, 0.3) is 0 Å². The summed E-state index contributed by atoms with van der Waals surface area (Å²) in [5.74, 6) is 0.442. The number of ether oxygens (including phenoxy) is 1. The van der Waals surface area contributed by atoms with Gasteiger partial charge in [-0.15, -0.1) is 15.3 Å². The molecule has 11 heteroatoms. The van der Waals surface area contributed by atoms with Gasteiger partial charge in [-0.25, -0.2) is 0 Å². The summed E-state index contributed by atoms with van der Waals surface area (Å²) in [6.45, 7) is -1.09. The average molecular weight is 411 g/mol. The molecule has 9 nitrogen and oxygen atoms in total. The first-order chi connectivity index (χ1) is 14.5. The first kappa shape index (κ1) is 18.2. The summed E-state index contributed by atoms with van der Waals surface area (Å²) in [7, 11) is 0. The van der Waals surface area contributed by atoms with Gasteiger partial charge < -0.3 is 10.1 Å². The molecule has 1 aliphatic rings. The second kappa shape index (κ2) is 6.87. The zero-order chi connectivity index (χ0) is 20.8. The molecule has 0 radical (unpaired) electrons. The van der Waals surface area contributed by atoms with Crippen molar-refractivity contribution < 1.29 is 18.3 Å². The molecule has 1 aromatic carbocycles. The van der Waals surface area contributed by atoms with Crippen LogP contribution in [0.15, 0.2) is 42.7 Å². The number of nitrogens with one attached hydrogen (secondary N) is 1. The summed E-state index contributed by atoms with van der Waals surface area (Å²) in [5.41, 5.74) is 2.76. The third kappa shape index (κ3) is 3.04. The number of amides is 1. The molecular formula is C19H15F2N7O2. The predicted molar refractivity (Wildman–Crippen MR) is 101 cm³/mol. The Labute approximate surface area is 168 Å². The molecule has 3 aromatic heterocycles. The Morgan fingerprint density at radius 1 is 1.23 bits per heavy atom. The highest BCUT2D eigenvalue weighted by molar-refractivity contribution is 5.95. The van der Waals surface area contributed by atoms with Crippen LogP contribution < -0.4 is 10.1 Å². The zero-order valence-electron chi connectivity index (χ0n) is 15.7. The van der Waals surface area contributed by atoms with E-state index in [1.807, 2.05) is 6.92 Å². The van der Waals surface area contributed by atoms with E-state index in [-0.39, 0.29) is 24.0 Å². The van der Waals surface area contributed by atoms with Crippen molar-refractivity contribution in [3.05, 3.63) is 59.5 Å². The fourth-order valence-corrected chi connectivity index (χ4v) is 3.74. The van der Waals surface area contributed by atoms with Crippen molar-refractivity contribution in [1.82, 2.24) is 29.6 Å². The summed E-state index contributed by atoms with van der Waals surface area (Å²) >= 11 is 0. The number of alkyl halides is 2. The van der Waals surface area contributed by atoms with Crippen molar-refractivity contribution in [2.75, 3.05) is 5.32 Å². The van der Waals surface area contributed by atoms with Gasteiger partial charge in [0.05, 0.1) is 5.69 Å². The van der Waals surface area contributed by atoms with E-state index in [1.165, 1.54) is 23.0 Å². The third-order valence-electron chi connectivity index (χ3n) is 4.95. The number of aromatic nitrogens is 6. The lowest BCUT2D eigenvalue weighted by molar-refractivity contribution is -0.116. The number of carbonyl (C=O) groups excluding carboxylic acids is 1. The normalized spacial score (nSPS) is 16.0. The highest BCUT2D eigenvalue weighted by Gasteiger charge is 2.33. The molecule has 0 spiro atoms. The molecule has 152 valence electrons. The molecule has 5 rings (SSSR count). The second-order valence-electron chi connectivity index (χ2n) is 6.84. The molecule has 1 N–H and O–H groups in total. The highest BCUT2D eigenvalue weighted by Crippen LogP contribution is 2.40. The standard InChI is InChI=1S/C19H15F2N7O2/c1-10-17-13(11-3-2-4-12(7-11)30-19(20)21)8-16(29)23-18(17)28(25-10)15-6-5-14-24-22-9-27(14)26-15/h2-7,9,13,19H,8H2,1H3,(H,23,29)/t13-/m1/s1. The number of halogens is 2. The Morgan fingerprint density at radius 2 is 2.10 bits per heavy atom. The maximum atomic E-state index is 12.6. The molecule has 0 saturated heterocycles. The fraction of sp³-hybridized carbons (Fsp3) is 0.211. The predicted octanol–water partition coefficient (Wildman–Crippen LogP) is 2.69. The lowest BCUT2D eigenvalue weighted by atomic mass is 9.86. The van der Waals surface area contributed by atoms with Crippen molar-refractivity contribution in [1.29, 1.82) is 0 Å². The van der Waals surface area contributed by atoms with Crippen LogP contribution in [0.5, 0.6) is 5.75 Å². The summed E-state index contributed by atoms with van der Waals surface area (Å²) in [6, 6.07) is 9.85. The topological polar surface area (TPSA) is 99.2 Å². The quantitative estimate of drug-likeness (QED) is 0.554. The smallest absolute Gasteiger partial charge is 0.387 e. The number of fused-ring (bicyclic) bond motifs is 2. The van der Waals surface area contributed by atoms with Gasteiger partial charge in [-0.1, -0.05) is 12.1 Å². The first-order valence-corrected chi connectivity index (χ1v) is 9.11. The number of carbonyl (C=O) groups is 1. The largest absolute Gasteiger partial charge is 0.435 e. The van der Waals surface area contributed by atoms with Crippen LogP contribution in [0, 0.1) is 6.92 Å². The summed E-state index contributed by atoms with van der Waals surface area (Å²) in [5, 5.41) is 19.6. The Morgan fingerprint density at radius 3 is 2.93 bits per heavy atom. The Kier molecular flexibility index (Phi) is 4.16. The van der Waals surface area contributed by atoms with Crippen LogP contribution in [0.25, 0.3) is 11.5 Å². The minimum Gasteiger partial charge on any atom is -0.435 e. The van der Waals surface area contributed by atoms with Gasteiger partial charge in [-0.2, -0.15) is 23.1 Å². The van der Waals surface area contributed by atoms with Crippen LogP contribution in [0.2, 0.25) is 0 Å². The Hall–Kier alpha value is -3.89. The van der Waals surface area contributed by atoms with Crippen LogP contribution >= 0.6 is 0 Å². The monoisotopic (exact) mass is 411 g/mol. The molecule has 0 unspecified atom stereocenters. The van der Waals surface area contributed by atoms with Crippen molar-refractivity contribution in [3.8, 4) is 11.6 Å². The van der Waals surface area contributed by atoms with E-state index in [9.17, 15) is 13.6 Å². The van der Waals surface area contributed by atoms with Gasteiger partial charge in [-0.3, -0.25) is 4.79 Å². The van der Waals surface area contributed by atoms with E-state index in [0.29, 0.717) is 28.5 Å². The lowest BCUT2D eigenvalue weighted by Gasteiger charge is -2.24. The van der Waals surface area contributed by atoms with Crippen molar-refractivity contribution in [2.24, 2.45) is 0 Å². The molecule has 1 atom stereocenters. The third-order valence-corrected chi connectivity index (χ3v) is 4.95. The van der Waals surface area contributed by atoms with E-state index >= 15 is 0 Å². The van der Waals surface area contributed by atoms with Gasteiger partial charge in [-0.05, 0) is 36.8 Å². The molecule has 1 aliphatic heterocycles. The number of nitrogens with zero attached hydrogens (tertiary/aromatic N) is 6. The number of rotatable bonds is 4. The van der Waals surface area contributed by atoms with E-state index in [1.54, 1.807) is 28.9 Å². The van der Waals surface area contributed by atoms with Crippen molar-refractivity contribution >= 4 is 17.4 Å². The van der Waals surface area contributed by atoms with Crippen LogP contribution in [-0.2, 0) is 4.79 Å². The summed E-state index contributed by atoms with van der Waals surface area (Å²) in [6.07, 6.45) is 1.63. The van der Waals surface area contributed by atoms with E-state index < -0.39 is 6.61 Å². The maximum Gasteiger partial charge on any atom is 0.387 e. The minimum absolute atomic E-state index is 0.0415. The molecule has 0 fully saturated rings. The first-order valence-electron chi connectivity index (χ1n) is 9.11. The number of hydrogen-bond donors (Lipinski definition) is 1. The van der Waals surface area contributed by atoms with Gasteiger partial charge in [0.2, 0.25) is 5.91 Å². The molecule has 1 amide bonds. The minimum atomic E-state index is -2.92. The molecular weight excluding hydrogens is 396 g/mol. The fourth-order valence-electron chi connectivity index (χ4n) is 3.74. The average Bonchev–Trinajstić information content (AvgIpc) is 3.31. The van der Waals surface area contributed by atoms with Gasteiger partial charge in [0.1, 0.15) is 17.9 Å². The molecule has 4 aromatic rings. The van der Waals surface area contributed by atoms with Crippen LogP contribution in [0.1, 0.15) is 29.2 Å². The molecule has 30 heavy (non-hydrogen) atoms. The lowest BCUT2D eigenvalue weighted by Crippen LogP contribution is -2.25. The van der Waals surface area contributed by atoms with Crippen molar-refractivity contribution in [2.45, 2.75) is 25.9 Å². The second-order valence-corrected chi connectivity index (χ2v) is 6.84. The summed E-state index contributed by atoms with van der Waals surface area (Å²) < 4.78 is 32.8. The number of aryl methyl sites for hydroxylation is 1. The molecule has 0 saturated carbocycles. The molecule has 4 heterocycles. The SMILES string of the molecule is Cc1nn(-c2ccc3nncn3n2)c2c1[C@@H](c1cccc(OC(F)F)c1)CC(=O)N2. The van der Waals surface area contributed by atoms with Gasteiger partial charge in [0.15, 0.2) is 11.5 Å². The molecule has 0 aliphatic carbocycles. The van der Waals surface area contributed by atoms with Crippen LogP contribution in [0.3, 0.4) is 0 Å². The summed E-state index contributed by atoms with van der Waals surface area (Å²) in [4.78, 5) is 12.5. The van der Waals surface area contributed by atoms with Crippen LogP contribution in [0.4, 0.5) is 14.6 Å². The Bertz CT molecular complexity index is 1270. The number of anilines is 1. The van der Waals surface area contributed by atoms with Gasteiger partial charge in [0, 0.05) is 17.9 Å². The van der Waals surface area contributed by atoms with E-state index in [4.69, 9.17) is 0 Å². The number of benzene rings is 1. The van der Waals surface area contributed by atoms with Gasteiger partial charge >= 0.3 is 6.61 Å². The van der Waals surface area contributed by atoms with E-state index in [2.05, 4.69) is 30.4 Å². The maximum absolute atomic E-state index is 12.6.